The van der Waals surface area contributed by atoms with Gasteiger partial charge in [0.1, 0.15) is 6.04 Å². The van der Waals surface area contributed by atoms with Gasteiger partial charge >= 0.3 is 12.0 Å². The summed E-state index contributed by atoms with van der Waals surface area (Å²) in [6.45, 7) is 0.971. The highest BCUT2D eigenvalue weighted by atomic mass is 19.3. The summed E-state index contributed by atoms with van der Waals surface area (Å²) in [5.74, 6) is -1.18. The summed E-state index contributed by atoms with van der Waals surface area (Å²) in [4.78, 5) is 21.5. The molecule has 2 amide bonds. The maximum Gasteiger partial charge on any atom is 0.326 e. The van der Waals surface area contributed by atoms with Crippen LogP contribution in [-0.2, 0) is 4.79 Å². The summed E-state index contributed by atoms with van der Waals surface area (Å²) in [7, 11) is 0. The van der Waals surface area contributed by atoms with Gasteiger partial charge in [0.25, 0.3) is 6.43 Å². The first kappa shape index (κ1) is 13.6. The van der Waals surface area contributed by atoms with Gasteiger partial charge in [0.15, 0.2) is 0 Å². The van der Waals surface area contributed by atoms with Crippen LogP contribution < -0.4 is 10.6 Å². The van der Waals surface area contributed by atoms with Crippen LogP contribution in [0.25, 0.3) is 0 Å². The molecule has 88 valence electrons. The van der Waals surface area contributed by atoms with Crippen LogP contribution in [0.2, 0.25) is 0 Å². The van der Waals surface area contributed by atoms with Crippen molar-refractivity contribution in [3.63, 3.8) is 0 Å². The minimum atomic E-state index is -2.65. The van der Waals surface area contributed by atoms with E-state index >= 15 is 0 Å². The molecule has 3 N–H and O–H groups in total. The predicted molar refractivity (Wildman–Crippen MR) is 48.9 cm³/mol. The lowest BCUT2D eigenvalue weighted by molar-refractivity contribution is -0.139. The second kappa shape index (κ2) is 6.97. The average Bonchev–Trinajstić information content (AvgIpc) is 2.14. The van der Waals surface area contributed by atoms with Crippen molar-refractivity contribution in [1.82, 2.24) is 10.6 Å². The van der Waals surface area contributed by atoms with Gasteiger partial charge in [-0.05, 0) is 6.42 Å². The van der Waals surface area contributed by atoms with Crippen molar-refractivity contribution in [3.05, 3.63) is 0 Å². The van der Waals surface area contributed by atoms with Gasteiger partial charge in [0, 0.05) is 0 Å². The Morgan fingerprint density at radius 1 is 1.40 bits per heavy atom. The molecule has 0 aliphatic carbocycles. The minimum Gasteiger partial charge on any atom is -0.480 e. The third-order valence-corrected chi connectivity index (χ3v) is 1.60. The first-order chi connectivity index (χ1) is 6.97. The molecule has 0 aliphatic rings. The lowest BCUT2D eigenvalue weighted by Crippen LogP contribution is -2.46. The van der Waals surface area contributed by atoms with Crippen molar-refractivity contribution in [3.8, 4) is 0 Å². The Labute approximate surface area is 85.8 Å². The Kier molecular flexibility index (Phi) is 6.32. The Balaban J connectivity index is 3.94. The van der Waals surface area contributed by atoms with Crippen molar-refractivity contribution < 1.29 is 23.5 Å². The molecule has 0 saturated carbocycles. The maximum atomic E-state index is 11.7. The Morgan fingerprint density at radius 2 is 2.00 bits per heavy atom. The molecule has 0 aromatic heterocycles. The molecule has 15 heavy (non-hydrogen) atoms. The van der Waals surface area contributed by atoms with Crippen LogP contribution >= 0.6 is 0 Å². The van der Waals surface area contributed by atoms with Gasteiger partial charge in [-0.1, -0.05) is 13.3 Å². The van der Waals surface area contributed by atoms with E-state index in [0.717, 1.165) is 0 Å². The number of urea groups is 1. The van der Waals surface area contributed by atoms with Gasteiger partial charge in [-0.25, -0.2) is 18.4 Å². The van der Waals surface area contributed by atoms with E-state index in [4.69, 9.17) is 5.11 Å². The molecule has 0 rings (SSSR count). The zero-order valence-electron chi connectivity index (χ0n) is 8.30. The molecule has 7 heteroatoms. The van der Waals surface area contributed by atoms with Crippen LogP contribution in [0.1, 0.15) is 19.8 Å². The first-order valence-corrected chi connectivity index (χ1v) is 4.52. The number of nitrogens with one attached hydrogen (secondary N) is 2. The number of aliphatic carboxylic acids is 1. The quantitative estimate of drug-likeness (QED) is 0.624. The predicted octanol–water partition coefficient (Wildman–Crippen LogP) is 0.804. The Hall–Kier alpha value is -1.40. The van der Waals surface area contributed by atoms with Crippen molar-refractivity contribution in [2.75, 3.05) is 6.54 Å². The van der Waals surface area contributed by atoms with Crippen LogP contribution in [-0.4, -0.2) is 36.1 Å². The number of carbonyl (C=O) groups excluding carboxylic acids is 1. The molecule has 0 fully saturated rings. The largest absolute Gasteiger partial charge is 0.480 e. The molecule has 1 atom stereocenters. The van der Waals surface area contributed by atoms with Crippen molar-refractivity contribution in [1.29, 1.82) is 0 Å². The smallest absolute Gasteiger partial charge is 0.326 e. The average molecular weight is 224 g/mol. The number of alkyl halides is 2. The van der Waals surface area contributed by atoms with Gasteiger partial charge in [-0.3, -0.25) is 0 Å². The third-order valence-electron chi connectivity index (χ3n) is 1.60. The molecular weight excluding hydrogens is 210 g/mol. The lowest BCUT2D eigenvalue weighted by Gasteiger charge is -2.13. The number of hydrogen-bond donors (Lipinski definition) is 3. The van der Waals surface area contributed by atoms with Gasteiger partial charge in [-0.2, -0.15) is 0 Å². The van der Waals surface area contributed by atoms with E-state index in [1.165, 1.54) is 0 Å². The lowest BCUT2D eigenvalue weighted by atomic mass is 10.2. The summed E-state index contributed by atoms with van der Waals surface area (Å²) in [5, 5.41) is 12.6. The van der Waals surface area contributed by atoms with Crippen LogP contribution in [0, 0.1) is 0 Å². The topological polar surface area (TPSA) is 78.4 Å². The Bertz CT molecular complexity index is 224. The molecule has 0 aliphatic heterocycles. The fourth-order valence-electron chi connectivity index (χ4n) is 0.925. The molecule has 0 unspecified atom stereocenters. The molecule has 0 spiro atoms. The van der Waals surface area contributed by atoms with Crippen molar-refractivity contribution in [2.45, 2.75) is 32.2 Å². The number of amides is 2. The second-order valence-electron chi connectivity index (χ2n) is 2.92. The number of carbonyl (C=O) groups is 2. The molecule has 0 radical (unpaired) electrons. The maximum absolute atomic E-state index is 11.7. The van der Waals surface area contributed by atoms with E-state index in [-0.39, 0.29) is 6.42 Å². The SMILES string of the molecule is CCC[C@@H](NC(=O)NCC(F)F)C(=O)O. The number of carboxylic acids is 1. The highest BCUT2D eigenvalue weighted by Gasteiger charge is 2.18. The summed E-state index contributed by atoms with van der Waals surface area (Å²) in [6, 6.07) is -1.93. The van der Waals surface area contributed by atoms with Crippen LogP contribution in [0.15, 0.2) is 0 Å². The molecule has 0 heterocycles. The summed E-state index contributed by atoms with van der Waals surface area (Å²) < 4.78 is 23.4. The number of rotatable bonds is 6. The monoisotopic (exact) mass is 224 g/mol. The number of halogens is 2. The van der Waals surface area contributed by atoms with E-state index in [1.807, 2.05) is 5.32 Å². The van der Waals surface area contributed by atoms with Crippen LogP contribution in [0.5, 0.6) is 0 Å². The van der Waals surface area contributed by atoms with Gasteiger partial charge in [0.05, 0.1) is 6.54 Å². The summed E-state index contributed by atoms with van der Waals surface area (Å²) >= 11 is 0. The number of hydrogen-bond acceptors (Lipinski definition) is 2. The molecule has 0 aromatic carbocycles. The second-order valence-corrected chi connectivity index (χ2v) is 2.92. The fraction of sp³-hybridized carbons (Fsp3) is 0.750. The summed E-state index contributed by atoms with van der Waals surface area (Å²) in [5.41, 5.74) is 0. The molecule has 0 bridgehead atoms. The third kappa shape index (κ3) is 6.64. The normalized spacial score (nSPS) is 12.3. The van der Waals surface area contributed by atoms with Gasteiger partial charge < -0.3 is 15.7 Å². The zero-order chi connectivity index (χ0) is 11.8. The van der Waals surface area contributed by atoms with Gasteiger partial charge in [-0.15, -0.1) is 0 Å². The zero-order valence-corrected chi connectivity index (χ0v) is 8.30. The fourth-order valence-corrected chi connectivity index (χ4v) is 0.925. The van der Waals surface area contributed by atoms with E-state index in [1.54, 1.807) is 6.92 Å². The molecule has 5 nitrogen and oxygen atoms in total. The molecule has 0 aromatic rings. The first-order valence-electron chi connectivity index (χ1n) is 4.52. The van der Waals surface area contributed by atoms with Crippen molar-refractivity contribution in [2.24, 2.45) is 0 Å². The highest BCUT2D eigenvalue weighted by Crippen LogP contribution is 1.96. The highest BCUT2D eigenvalue weighted by molar-refractivity contribution is 5.82. The van der Waals surface area contributed by atoms with Gasteiger partial charge in [0.2, 0.25) is 0 Å². The van der Waals surface area contributed by atoms with Crippen LogP contribution in [0.3, 0.4) is 0 Å². The standard InChI is InChI=1S/C8H14F2N2O3/c1-2-3-5(7(13)14)12-8(15)11-4-6(9)10/h5-6H,2-4H2,1H3,(H,13,14)(H2,11,12,15)/t5-/m1/s1. The van der Waals surface area contributed by atoms with Crippen molar-refractivity contribution >= 4 is 12.0 Å². The molecule has 0 saturated heterocycles. The van der Waals surface area contributed by atoms with Crippen LogP contribution in [0.4, 0.5) is 13.6 Å². The van der Waals surface area contributed by atoms with E-state index in [2.05, 4.69) is 5.32 Å². The Morgan fingerprint density at radius 3 is 2.40 bits per heavy atom. The summed E-state index contributed by atoms with van der Waals surface area (Å²) in [6.07, 6.45) is -1.81. The van der Waals surface area contributed by atoms with E-state index in [0.29, 0.717) is 6.42 Å². The van der Waals surface area contributed by atoms with E-state index < -0.39 is 31.0 Å². The minimum absolute atomic E-state index is 0.261. The number of carboxylic acid groups (broad SMARTS) is 1. The van der Waals surface area contributed by atoms with E-state index in [9.17, 15) is 18.4 Å². The molecular formula is C8H14F2N2O3.